The third-order valence-corrected chi connectivity index (χ3v) is 2.53. The van der Waals surface area contributed by atoms with Crippen molar-refractivity contribution in [3.8, 4) is 0 Å². The fourth-order valence-electron chi connectivity index (χ4n) is 1.56. The van der Waals surface area contributed by atoms with Gasteiger partial charge in [0.1, 0.15) is 0 Å². The molecule has 1 fully saturated rings. The van der Waals surface area contributed by atoms with E-state index in [1.807, 2.05) is 4.90 Å². The van der Waals surface area contributed by atoms with Gasteiger partial charge in [0.25, 0.3) is 0 Å². The Kier molecular flexibility index (Phi) is 4.69. The highest BCUT2D eigenvalue weighted by atomic mass is 16.2. The predicted molar refractivity (Wildman–Crippen MR) is 56.1 cm³/mol. The van der Waals surface area contributed by atoms with Crippen molar-refractivity contribution < 1.29 is 4.79 Å². The van der Waals surface area contributed by atoms with Crippen molar-refractivity contribution in [3.05, 3.63) is 0 Å². The van der Waals surface area contributed by atoms with Crippen LogP contribution in [0, 0.1) is 0 Å². The lowest BCUT2D eigenvalue weighted by Crippen LogP contribution is -2.52. The predicted octanol–water partition coefficient (Wildman–Crippen LogP) is -0.708. The lowest BCUT2D eigenvalue weighted by atomic mass is 10.3. The molecular weight excluding hydrogens is 180 g/mol. The second-order valence-electron chi connectivity index (χ2n) is 3.44. The van der Waals surface area contributed by atoms with Gasteiger partial charge in [0.15, 0.2) is 0 Å². The summed E-state index contributed by atoms with van der Waals surface area (Å²) in [7, 11) is 0. The maximum Gasteiger partial charge on any atom is 0.317 e. The number of hydrogen-bond acceptors (Lipinski definition) is 3. The van der Waals surface area contributed by atoms with Crippen LogP contribution in [0.15, 0.2) is 0 Å². The number of nitrogens with two attached hydrogens (primary N) is 1. The Labute approximate surface area is 85.2 Å². The number of carbonyl (C=O) groups excluding carboxylic acids is 1. The van der Waals surface area contributed by atoms with Crippen LogP contribution in [0.5, 0.6) is 0 Å². The van der Waals surface area contributed by atoms with Crippen LogP contribution in [0.4, 0.5) is 4.79 Å². The first-order valence-electron chi connectivity index (χ1n) is 5.23. The van der Waals surface area contributed by atoms with E-state index in [4.69, 9.17) is 5.73 Å². The molecule has 3 N–H and O–H groups in total. The molecule has 0 aromatic carbocycles. The lowest BCUT2D eigenvalue weighted by molar-refractivity contribution is 0.143. The van der Waals surface area contributed by atoms with E-state index >= 15 is 0 Å². The van der Waals surface area contributed by atoms with Gasteiger partial charge in [0, 0.05) is 39.3 Å². The molecule has 0 radical (unpaired) electrons. The van der Waals surface area contributed by atoms with Gasteiger partial charge in [0.2, 0.25) is 0 Å². The minimum Gasteiger partial charge on any atom is -0.337 e. The van der Waals surface area contributed by atoms with Gasteiger partial charge in [-0.25, -0.2) is 4.79 Å². The number of hydrogen-bond donors (Lipinski definition) is 2. The first-order chi connectivity index (χ1) is 6.77. The third kappa shape index (κ3) is 3.16. The number of likely N-dealkylation sites (N-methyl/N-ethyl adjacent to an activating group) is 1. The summed E-state index contributed by atoms with van der Waals surface area (Å²) in [5, 5.41) is 2.78. The summed E-state index contributed by atoms with van der Waals surface area (Å²) < 4.78 is 0. The molecule has 5 heteroatoms. The molecule has 0 aromatic heterocycles. The molecule has 1 saturated heterocycles. The van der Waals surface area contributed by atoms with E-state index in [1.54, 1.807) is 0 Å². The number of nitrogens with zero attached hydrogens (tertiary/aromatic N) is 2. The second-order valence-corrected chi connectivity index (χ2v) is 3.44. The van der Waals surface area contributed by atoms with E-state index in [0.717, 1.165) is 32.7 Å². The molecule has 14 heavy (non-hydrogen) atoms. The van der Waals surface area contributed by atoms with Gasteiger partial charge in [-0.1, -0.05) is 6.92 Å². The van der Waals surface area contributed by atoms with Gasteiger partial charge >= 0.3 is 6.03 Å². The van der Waals surface area contributed by atoms with Crippen molar-refractivity contribution in [1.29, 1.82) is 0 Å². The van der Waals surface area contributed by atoms with E-state index in [1.165, 1.54) is 0 Å². The Morgan fingerprint density at radius 3 is 2.50 bits per heavy atom. The summed E-state index contributed by atoms with van der Waals surface area (Å²) in [5.74, 6) is 0. The van der Waals surface area contributed by atoms with Gasteiger partial charge < -0.3 is 20.9 Å². The number of urea groups is 1. The molecule has 1 aliphatic rings. The summed E-state index contributed by atoms with van der Waals surface area (Å²) in [5.41, 5.74) is 5.31. The second kappa shape index (κ2) is 5.82. The summed E-state index contributed by atoms with van der Waals surface area (Å²) in [6, 6.07) is 0.0196. The Bertz CT molecular complexity index is 178. The summed E-state index contributed by atoms with van der Waals surface area (Å²) in [6.45, 7) is 7.88. The standard InChI is InChI=1S/C9H20N4O/c1-2-12-5-7-13(8-6-12)9(14)11-4-3-10/h2-8,10H2,1H3,(H,11,14). The fourth-order valence-corrected chi connectivity index (χ4v) is 1.56. The van der Waals surface area contributed by atoms with Gasteiger partial charge in [-0.3, -0.25) is 0 Å². The van der Waals surface area contributed by atoms with Gasteiger partial charge in [0.05, 0.1) is 0 Å². The molecule has 82 valence electrons. The van der Waals surface area contributed by atoms with Crippen LogP contribution < -0.4 is 11.1 Å². The molecule has 1 rings (SSSR count). The molecule has 0 spiro atoms. The molecule has 1 heterocycles. The van der Waals surface area contributed by atoms with Crippen LogP contribution in [0.3, 0.4) is 0 Å². The molecule has 1 aliphatic heterocycles. The molecule has 5 nitrogen and oxygen atoms in total. The monoisotopic (exact) mass is 200 g/mol. The first-order valence-corrected chi connectivity index (χ1v) is 5.23. The lowest BCUT2D eigenvalue weighted by Gasteiger charge is -2.33. The number of rotatable bonds is 3. The van der Waals surface area contributed by atoms with Crippen molar-refractivity contribution in [2.24, 2.45) is 5.73 Å². The largest absolute Gasteiger partial charge is 0.337 e. The highest BCUT2D eigenvalue weighted by molar-refractivity contribution is 5.74. The van der Waals surface area contributed by atoms with Crippen molar-refractivity contribution in [1.82, 2.24) is 15.1 Å². The zero-order chi connectivity index (χ0) is 10.4. The Morgan fingerprint density at radius 1 is 1.36 bits per heavy atom. The summed E-state index contributed by atoms with van der Waals surface area (Å²) in [4.78, 5) is 15.7. The summed E-state index contributed by atoms with van der Waals surface area (Å²) >= 11 is 0. The van der Waals surface area contributed by atoms with E-state index in [2.05, 4.69) is 17.1 Å². The third-order valence-electron chi connectivity index (χ3n) is 2.53. The molecule has 0 aliphatic carbocycles. The van der Waals surface area contributed by atoms with Crippen LogP contribution in [-0.4, -0.2) is 61.6 Å². The number of nitrogens with one attached hydrogen (secondary N) is 1. The smallest absolute Gasteiger partial charge is 0.317 e. The average molecular weight is 200 g/mol. The Balaban J connectivity index is 2.23. The van der Waals surface area contributed by atoms with Crippen LogP contribution >= 0.6 is 0 Å². The van der Waals surface area contributed by atoms with E-state index in [9.17, 15) is 4.79 Å². The van der Waals surface area contributed by atoms with Crippen LogP contribution in [-0.2, 0) is 0 Å². The minimum atomic E-state index is 0.0196. The van der Waals surface area contributed by atoms with Crippen LogP contribution in [0.1, 0.15) is 6.92 Å². The van der Waals surface area contributed by atoms with Gasteiger partial charge in [-0.2, -0.15) is 0 Å². The first kappa shape index (κ1) is 11.3. The number of carbonyl (C=O) groups is 1. The van der Waals surface area contributed by atoms with Gasteiger partial charge in [-0.15, -0.1) is 0 Å². The number of piperazine rings is 1. The van der Waals surface area contributed by atoms with Crippen LogP contribution in [0.25, 0.3) is 0 Å². The average Bonchev–Trinajstić information content (AvgIpc) is 2.26. The van der Waals surface area contributed by atoms with Gasteiger partial charge in [-0.05, 0) is 6.54 Å². The zero-order valence-electron chi connectivity index (χ0n) is 8.83. The molecule has 0 unspecified atom stereocenters. The van der Waals surface area contributed by atoms with E-state index < -0.39 is 0 Å². The Morgan fingerprint density at radius 2 is 2.00 bits per heavy atom. The van der Waals surface area contributed by atoms with Crippen molar-refractivity contribution >= 4 is 6.03 Å². The maximum atomic E-state index is 11.5. The fraction of sp³-hybridized carbons (Fsp3) is 0.889. The SMILES string of the molecule is CCN1CCN(C(=O)NCCN)CC1. The molecule has 2 amide bonds. The molecular formula is C9H20N4O. The highest BCUT2D eigenvalue weighted by Crippen LogP contribution is 2.00. The van der Waals surface area contributed by atoms with Crippen molar-refractivity contribution in [2.45, 2.75) is 6.92 Å². The molecule has 0 saturated carbocycles. The Hall–Kier alpha value is -0.810. The van der Waals surface area contributed by atoms with E-state index in [0.29, 0.717) is 13.1 Å². The maximum absolute atomic E-state index is 11.5. The normalized spacial score (nSPS) is 18.3. The molecule has 0 aromatic rings. The van der Waals surface area contributed by atoms with Crippen molar-refractivity contribution in [2.75, 3.05) is 45.8 Å². The molecule has 0 atom stereocenters. The quantitative estimate of drug-likeness (QED) is 0.633. The number of amides is 2. The van der Waals surface area contributed by atoms with E-state index in [-0.39, 0.29) is 6.03 Å². The highest BCUT2D eigenvalue weighted by Gasteiger charge is 2.19. The minimum absolute atomic E-state index is 0.0196. The molecule has 0 bridgehead atoms. The summed E-state index contributed by atoms with van der Waals surface area (Å²) in [6.07, 6.45) is 0. The zero-order valence-corrected chi connectivity index (χ0v) is 8.83. The van der Waals surface area contributed by atoms with Crippen molar-refractivity contribution in [3.63, 3.8) is 0 Å². The van der Waals surface area contributed by atoms with Crippen LogP contribution in [0.2, 0.25) is 0 Å². The topological polar surface area (TPSA) is 61.6 Å².